The third-order valence-electron chi connectivity index (χ3n) is 4.55. The summed E-state index contributed by atoms with van der Waals surface area (Å²) in [5, 5.41) is 3.72. The molecule has 0 unspecified atom stereocenters. The van der Waals surface area contributed by atoms with Crippen LogP contribution in [-0.4, -0.2) is 41.9 Å². The van der Waals surface area contributed by atoms with Gasteiger partial charge in [0, 0.05) is 17.6 Å². The quantitative estimate of drug-likeness (QED) is 0.568. The first-order valence-electron chi connectivity index (χ1n) is 10.0. The Morgan fingerprint density at radius 3 is 2.40 bits per heavy atom. The van der Waals surface area contributed by atoms with E-state index in [0.29, 0.717) is 35.2 Å². The van der Waals surface area contributed by atoms with Crippen molar-refractivity contribution >= 4 is 35.0 Å². The van der Waals surface area contributed by atoms with Crippen LogP contribution >= 0.6 is 23.2 Å². The summed E-state index contributed by atoms with van der Waals surface area (Å²) in [5.74, 6) is -0.0711. The lowest BCUT2D eigenvalue weighted by atomic mass is 10.1. The lowest BCUT2D eigenvalue weighted by Gasteiger charge is -2.31. The number of hydrogen-bond acceptors (Lipinski definition) is 3. The zero-order valence-corrected chi connectivity index (χ0v) is 19.0. The summed E-state index contributed by atoms with van der Waals surface area (Å²) in [7, 11) is 0. The number of amides is 2. The Balaban J connectivity index is 2.14. The van der Waals surface area contributed by atoms with Crippen molar-refractivity contribution in [2.24, 2.45) is 0 Å². The van der Waals surface area contributed by atoms with Crippen LogP contribution in [0.1, 0.15) is 32.8 Å². The maximum Gasteiger partial charge on any atom is 0.261 e. The molecule has 0 heterocycles. The standard InChI is InChI=1S/C23H28Cl2N2O3/c1-4-20(23(29)26-16(2)3)27(13-12-17-8-6-5-7-9-17)22(28)15-30-21-11-10-18(24)14-19(21)25/h5-11,14,16,20H,4,12-13,15H2,1-3H3,(H,26,29)/t20-/m0/s1. The summed E-state index contributed by atoms with van der Waals surface area (Å²) in [4.78, 5) is 27.4. The third-order valence-corrected chi connectivity index (χ3v) is 5.08. The minimum Gasteiger partial charge on any atom is -0.482 e. The first-order chi connectivity index (χ1) is 14.3. The molecule has 0 saturated carbocycles. The summed E-state index contributed by atoms with van der Waals surface area (Å²) in [6, 6.07) is 14.1. The minimum absolute atomic E-state index is 0.0123. The second-order valence-electron chi connectivity index (χ2n) is 7.27. The van der Waals surface area contributed by atoms with Crippen molar-refractivity contribution in [2.75, 3.05) is 13.2 Å². The minimum atomic E-state index is -0.576. The smallest absolute Gasteiger partial charge is 0.261 e. The van der Waals surface area contributed by atoms with Crippen LogP contribution in [0.2, 0.25) is 10.0 Å². The van der Waals surface area contributed by atoms with Crippen molar-refractivity contribution in [1.82, 2.24) is 10.2 Å². The predicted molar refractivity (Wildman–Crippen MR) is 121 cm³/mol. The molecule has 2 amide bonds. The molecule has 2 aromatic rings. The molecule has 0 saturated heterocycles. The van der Waals surface area contributed by atoms with Crippen LogP contribution in [-0.2, 0) is 16.0 Å². The fraction of sp³-hybridized carbons (Fsp3) is 0.391. The van der Waals surface area contributed by atoms with Gasteiger partial charge < -0.3 is 15.0 Å². The van der Waals surface area contributed by atoms with Crippen LogP contribution in [0.4, 0.5) is 0 Å². The summed E-state index contributed by atoms with van der Waals surface area (Å²) in [6.45, 7) is 5.87. The average Bonchev–Trinajstić information content (AvgIpc) is 2.70. The number of nitrogens with zero attached hydrogens (tertiary/aromatic N) is 1. The Morgan fingerprint density at radius 1 is 1.10 bits per heavy atom. The van der Waals surface area contributed by atoms with Crippen molar-refractivity contribution < 1.29 is 14.3 Å². The molecular weight excluding hydrogens is 423 g/mol. The van der Waals surface area contributed by atoms with Gasteiger partial charge in [0.05, 0.1) is 5.02 Å². The van der Waals surface area contributed by atoms with Gasteiger partial charge in [0.15, 0.2) is 6.61 Å². The van der Waals surface area contributed by atoms with Crippen molar-refractivity contribution in [3.8, 4) is 5.75 Å². The number of nitrogens with one attached hydrogen (secondary N) is 1. The van der Waals surface area contributed by atoms with E-state index in [1.54, 1.807) is 23.1 Å². The SMILES string of the molecule is CC[C@@H](C(=O)NC(C)C)N(CCc1ccccc1)C(=O)COc1ccc(Cl)cc1Cl. The van der Waals surface area contributed by atoms with Crippen molar-refractivity contribution in [3.05, 3.63) is 64.1 Å². The molecule has 30 heavy (non-hydrogen) atoms. The van der Waals surface area contributed by atoms with E-state index in [1.165, 1.54) is 0 Å². The highest BCUT2D eigenvalue weighted by Gasteiger charge is 2.29. The second kappa shape index (κ2) is 11.8. The second-order valence-corrected chi connectivity index (χ2v) is 8.12. The van der Waals surface area contributed by atoms with E-state index in [9.17, 15) is 9.59 Å². The van der Waals surface area contributed by atoms with Gasteiger partial charge >= 0.3 is 0 Å². The Hall–Kier alpha value is -2.24. The van der Waals surface area contributed by atoms with Crippen LogP contribution in [0.25, 0.3) is 0 Å². The molecule has 0 aliphatic carbocycles. The molecule has 162 valence electrons. The highest BCUT2D eigenvalue weighted by molar-refractivity contribution is 6.35. The Morgan fingerprint density at radius 2 is 1.80 bits per heavy atom. The number of hydrogen-bond donors (Lipinski definition) is 1. The van der Waals surface area contributed by atoms with E-state index in [4.69, 9.17) is 27.9 Å². The summed E-state index contributed by atoms with van der Waals surface area (Å²) >= 11 is 12.0. The molecule has 2 rings (SSSR count). The van der Waals surface area contributed by atoms with E-state index >= 15 is 0 Å². The molecule has 1 atom stereocenters. The number of ether oxygens (including phenoxy) is 1. The van der Waals surface area contributed by atoms with Gasteiger partial charge in [0.25, 0.3) is 5.91 Å². The number of carbonyl (C=O) groups is 2. The van der Waals surface area contributed by atoms with E-state index in [1.807, 2.05) is 51.1 Å². The highest BCUT2D eigenvalue weighted by atomic mass is 35.5. The molecular formula is C23H28Cl2N2O3. The number of rotatable bonds is 10. The lowest BCUT2D eigenvalue weighted by molar-refractivity contribution is -0.142. The lowest BCUT2D eigenvalue weighted by Crippen LogP contribution is -2.52. The number of benzene rings is 2. The summed E-state index contributed by atoms with van der Waals surface area (Å²) < 4.78 is 5.63. The molecule has 0 spiro atoms. The van der Waals surface area contributed by atoms with Gasteiger partial charge in [-0.1, -0.05) is 60.5 Å². The van der Waals surface area contributed by atoms with Gasteiger partial charge in [-0.2, -0.15) is 0 Å². The van der Waals surface area contributed by atoms with Crippen LogP contribution < -0.4 is 10.1 Å². The van der Waals surface area contributed by atoms with E-state index in [-0.39, 0.29) is 24.5 Å². The third kappa shape index (κ3) is 7.22. The fourth-order valence-corrected chi connectivity index (χ4v) is 3.55. The summed E-state index contributed by atoms with van der Waals surface area (Å²) in [6.07, 6.45) is 1.14. The monoisotopic (exact) mass is 450 g/mol. The molecule has 2 aromatic carbocycles. The molecule has 0 fully saturated rings. The van der Waals surface area contributed by atoms with Gasteiger partial charge in [-0.25, -0.2) is 0 Å². The van der Waals surface area contributed by atoms with Gasteiger partial charge in [-0.3, -0.25) is 9.59 Å². The maximum absolute atomic E-state index is 13.1. The van der Waals surface area contributed by atoms with Crippen molar-refractivity contribution in [2.45, 2.75) is 45.7 Å². The maximum atomic E-state index is 13.1. The Labute approximate surface area is 188 Å². The van der Waals surface area contributed by atoms with Gasteiger partial charge in [-0.15, -0.1) is 0 Å². The normalized spacial score (nSPS) is 11.8. The molecule has 1 N–H and O–H groups in total. The molecule has 0 aromatic heterocycles. The van der Waals surface area contributed by atoms with Gasteiger partial charge in [-0.05, 0) is 50.5 Å². The number of halogens is 2. The fourth-order valence-electron chi connectivity index (χ4n) is 3.09. The van der Waals surface area contributed by atoms with Crippen LogP contribution in [0.15, 0.2) is 48.5 Å². The number of carbonyl (C=O) groups excluding carboxylic acids is 2. The summed E-state index contributed by atoms with van der Waals surface area (Å²) in [5.41, 5.74) is 1.09. The van der Waals surface area contributed by atoms with Crippen LogP contribution in [0, 0.1) is 0 Å². The first-order valence-corrected chi connectivity index (χ1v) is 10.8. The zero-order valence-electron chi connectivity index (χ0n) is 17.5. The Kier molecular flexibility index (Phi) is 9.47. The van der Waals surface area contributed by atoms with Gasteiger partial charge in [0.2, 0.25) is 5.91 Å². The molecule has 0 aliphatic rings. The molecule has 0 aliphatic heterocycles. The molecule has 5 nitrogen and oxygen atoms in total. The molecule has 0 radical (unpaired) electrons. The average molecular weight is 451 g/mol. The molecule has 7 heteroatoms. The largest absolute Gasteiger partial charge is 0.482 e. The topological polar surface area (TPSA) is 58.6 Å². The molecule has 0 bridgehead atoms. The predicted octanol–water partition coefficient (Wildman–Crippen LogP) is 4.75. The van der Waals surface area contributed by atoms with Crippen LogP contribution in [0.3, 0.4) is 0 Å². The Bertz CT molecular complexity index is 844. The van der Waals surface area contributed by atoms with Crippen molar-refractivity contribution in [1.29, 1.82) is 0 Å². The first kappa shape index (κ1) is 24.0. The van der Waals surface area contributed by atoms with E-state index in [2.05, 4.69) is 5.32 Å². The van der Waals surface area contributed by atoms with Crippen LogP contribution in [0.5, 0.6) is 5.75 Å². The van der Waals surface area contributed by atoms with E-state index in [0.717, 1.165) is 5.56 Å². The van der Waals surface area contributed by atoms with Crippen molar-refractivity contribution in [3.63, 3.8) is 0 Å². The van der Waals surface area contributed by atoms with Gasteiger partial charge in [0.1, 0.15) is 11.8 Å². The zero-order chi connectivity index (χ0) is 22.1. The highest BCUT2D eigenvalue weighted by Crippen LogP contribution is 2.27. The van der Waals surface area contributed by atoms with E-state index < -0.39 is 6.04 Å².